The van der Waals surface area contributed by atoms with E-state index in [9.17, 15) is 9.18 Å². The van der Waals surface area contributed by atoms with E-state index >= 15 is 0 Å². The Morgan fingerprint density at radius 3 is 2.67 bits per heavy atom. The zero-order chi connectivity index (χ0) is 13.7. The number of carboxylic acids is 1. The minimum absolute atomic E-state index is 0.00361. The zero-order valence-corrected chi connectivity index (χ0v) is 11.0. The molecule has 0 fully saturated rings. The lowest BCUT2D eigenvalue weighted by atomic mass is 10.0. The summed E-state index contributed by atoms with van der Waals surface area (Å²) in [7, 11) is 0. The molecule has 18 heavy (non-hydrogen) atoms. The summed E-state index contributed by atoms with van der Waals surface area (Å²) in [5.74, 6) is -1.00. The van der Waals surface area contributed by atoms with E-state index in [1.807, 2.05) is 19.9 Å². The van der Waals surface area contributed by atoms with Crippen molar-refractivity contribution in [1.82, 2.24) is 5.32 Å². The third-order valence-electron chi connectivity index (χ3n) is 3.02. The van der Waals surface area contributed by atoms with Crippen LogP contribution in [-0.4, -0.2) is 17.1 Å². The number of rotatable bonds is 6. The molecule has 1 rings (SSSR count). The van der Waals surface area contributed by atoms with E-state index in [-0.39, 0.29) is 24.3 Å². The fourth-order valence-corrected chi connectivity index (χ4v) is 1.82. The first-order valence-electron chi connectivity index (χ1n) is 6.14. The molecule has 1 aromatic carbocycles. The maximum atomic E-state index is 13.4. The number of hydrogen-bond acceptors (Lipinski definition) is 2. The lowest BCUT2D eigenvalue weighted by Gasteiger charge is -2.20. The lowest BCUT2D eigenvalue weighted by molar-refractivity contribution is -0.137. The summed E-state index contributed by atoms with van der Waals surface area (Å²) in [6.45, 7) is 5.61. The van der Waals surface area contributed by atoms with E-state index in [0.29, 0.717) is 12.0 Å². The van der Waals surface area contributed by atoms with E-state index in [1.165, 1.54) is 6.07 Å². The largest absolute Gasteiger partial charge is 0.481 e. The number of nitrogens with one attached hydrogen (secondary N) is 1. The van der Waals surface area contributed by atoms with Crippen LogP contribution in [0.15, 0.2) is 18.2 Å². The summed E-state index contributed by atoms with van der Waals surface area (Å²) >= 11 is 0. The predicted octanol–water partition coefficient (Wildman–Crippen LogP) is 3.04. The molecule has 3 nitrogen and oxygen atoms in total. The first kappa shape index (κ1) is 14.6. The maximum absolute atomic E-state index is 13.4. The zero-order valence-electron chi connectivity index (χ0n) is 11.0. The minimum atomic E-state index is -0.794. The molecule has 0 aliphatic heterocycles. The molecule has 0 bridgehead atoms. The highest BCUT2D eigenvalue weighted by Crippen LogP contribution is 2.17. The second-order valence-electron chi connectivity index (χ2n) is 4.73. The molecule has 0 spiro atoms. The highest BCUT2D eigenvalue weighted by molar-refractivity contribution is 5.66. The van der Waals surface area contributed by atoms with Crippen molar-refractivity contribution in [3.63, 3.8) is 0 Å². The molecule has 0 aliphatic carbocycles. The summed E-state index contributed by atoms with van der Waals surface area (Å²) in [5, 5.41) is 11.9. The second-order valence-corrected chi connectivity index (χ2v) is 4.73. The smallest absolute Gasteiger partial charge is 0.303 e. The predicted molar refractivity (Wildman–Crippen MR) is 69.0 cm³/mol. The van der Waals surface area contributed by atoms with Crippen molar-refractivity contribution >= 4 is 5.97 Å². The molecule has 2 atom stereocenters. The van der Waals surface area contributed by atoms with Gasteiger partial charge >= 0.3 is 5.97 Å². The third-order valence-corrected chi connectivity index (χ3v) is 3.02. The Morgan fingerprint density at radius 1 is 1.44 bits per heavy atom. The van der Waals surface area contributed by atoms with Crippen molar-refractivity contribution in [3.8, 4) is 0 Å². The first-order valence-corrected chi connectivity index (χ1v) is 6.14. The van der Waals surface area contributed by atoms with Crippen LogP contribution in [-0.2, 0) is 4.79 Å². The quantitative estimate of drug-likeness (QED) is 0.819. The molecule has 0 heterocycles. The molecule has 1 aromatic rings. The number of carbonyl (C=O) groups is 1. The molecule has 2 unspecified atom stereocenters. The highest BCUT2D eigenvalue weighted by atomic mass is 19.1. The van der Waals surface area contributed by atoms with E-state index in [2.05, 4.69) is 5.32 Å². The van der Waals surface area contributed by atoms with Crippen LogP contribution in [0.2, 0.25) is 0 Å². The number of benzene rings is 1. The van der Waals surface area contributed by atoms with Gasteiger partial charge in [0.1, 0.15) is 5.82 Å². The van der Waals surface area contributed by atoms with Crippen molar-refractivity contribution in [2.24, 2.45) is 0 Å². The van der Waals surface area contributed by atoms with Gasteiger partial charge in [0.05, 0.1) is 0 Å². The number of carboxylic acid groups (broad SMARTS) is 1. The molecule has 2 N–H and O–H groups in total. The summed E-state index contributed by atoms with van der Waals surface area (Å²) in [6, 6.07) is 5.26. The topological polar surface area (TPSA) is 49.3 Å². The van der Waals surface area contributed by atoms with Gasteiger partial charge in [0.15, 0.2) is 0 Å². The van der Waals surface area contributed by atoms with Gasteiger partial charge in [0, 0.05) is 18.5 Å². The lowest BCUT2D eigenvalue weighted by Crippen LogP contribution is -2.29. The number of halogens is 1. The Morgan fingerprint density at radius 2 is 2.11 bits per heavy atom. The Labute approximate surface area is 107 Å². The van der Waals surface area contributed by atoms with Gasteiger partial charge in [-0.2, -0.15) is 0 Å². The summed E-state index contributed by atoms with van der Waals surface area (Å²) in [5.41, 5.74) is 1.50. The molecule has 0 aromatic heterocycles. The average molecular weight is 253 g/mol. The Hall–Kier alpha value is -1.42. The monoisotopic (exact) mass is 253 g/mol. The minimum Gasteiger partial charge on any atom is -0.481 e. The van der Waals surface area contributed by atoms with Gasteiger partial charge in [-0.05, 0) is 44.4 Å². The second kappa shape index (κ2) is 6.50. The van der Waals surface area contributed by atoms with Crippen LogP contribution >= 0.6 is 0 Å². The Balaban J connectivity index is 2.56. The molecule has 0 aliphatic rings. The standard InChI is InChI=1S/C14H20FNO2/c1-9-4-6-12(8-13(9)15)11(3)16-10(2)5-7-14(17)18/h4,6,8,10-11,16H,5,7H2,1-3H3,(H,17,18). The van der Waals surface area contributed by atoms with Crippen LogP contribution in [0.3, 0.4) is 0 Å². The van der Waals surface area contributed by atoms with Crippen molar-refractivity contribution < 1.29 is 14.3 Å². The van der Waals surface area contributed by atoms with Gasteiger partial charge in [-0.1, -0.05) is 12.1 Å². The van der Waals surface area contributed by atoms with E-state index in [0.717, 1.165) is 5.56 Å². The fourth-order valence-electron chi connectivity index (χ4n) is 1.82. The average Bonchev–Trinajstić information content (AvgIpc) is 2.30. The molecule has 0 saturated heterocycles. The Bertz CT molecular complexity index is 420. The highest BCUT2D eigenvalue weighted by Gasteiger charge is 2.11. The van der Waals surface area contributed by atoms with Crippen molar-refractivity contribution in [3.05, 3.63) is 35.1 Å². The molecule has 0 amide bonds. The van der Waals surface area contributed by atoms with Crippen LogP contribution in [0.4, 0.5) is 4.39 Å². The van der Waals surface area contributed by atoms with E-state index in [1.54, 1.807) is 13.0 Å². The van der Waals surface area contributed by atoms with Crippen molar-refractivity contribution in [2.75, 3.05) is 0 Å². The number of aliphatic carboxylic acids is 1. The SMILES string of the molecule is Cc1ccc(C(C)NC(C)CCC(=O)O)cc1F. The summed E-state index contributed by atoms with van der Waals surface area (Å²) in [4.78, 5) is 10.5. The Kier molecular flexibility index (Phi) is 5.28. The molecular formula is C14H20FNO2. The first-order chi connectivity index (χ1) is 8.40. The van der Waals surface area contributed by atoms with Gasteiger partial charge in [-0.3, -0.25) is 4.79 Å². The fraction of sp³-hybridized carbons (Fsp3) is 0.500. The number of hydrogen-bond donors (Lipinski definition) is 2. The van der Waals surface area contributed by atoms with Gasteiger partial charge in [0.25, 0.3) is 0 Å². The van der Waals surface area contributed by atoms with Gasteiger partial charge in [-0.25, -0.2) is 4.39 Å². The molecular weight excluding hydrogens is 233 g/mol. The van der Waals surface area contributed by atoms with E-state index < -0.39 is 5.97 Å². The normalized spacial score (nSPS) is 14.2. The molecule has 4 heteroatoms. The van der Waals surface area contributed by atoms with Gasteiger partial charge in [-0.15, -0.1) is 0 Å². The van der Waals surface area contributed by atoms with Gasteiger partial charge in [0.2, 0.25) is 0 Å². The van der Waals surface area contributed by atoms with Crippen LogP contribution in [0.25, 0.3) is 0 Å². The van der Waals surface area contributed by atoms with Crippen molar-refractivity contribution in [2.45, 2.75) is 45.7 Å². The number of aryl methyl sites for hydroxylation is 1. The summed E-state index contributed by atoms with van der Waals surface area (Å²) in [6.07, 6.45) is 0.706. The van der Waals surface area contributed by atoms with Crippen LogP contribution < -0.4 is 5.32 Å². The molecule has 100 valence electrons. The van der Waals surface area contributed by atoms with Crippen LogP contribution in [0.5, 0.6) is 0 Å². The van der Waals surface area contributed by atoms with Crippen LogP contribution in [0.1, 0.15) is 43.9 Å². The van der Waals surface area contributed by atoms with Gasteiger partial charge < -0.3 is 10.4 Å². The third kappa shape index (κ3) is 4.45. The molecule has 0 saturated carbocycles. The van der Waals surface area contributed by atoms with Crippen molar-refractivity contribution in [1.29, 1.82) is 0 Å². The van der Waals surface area contributed by atoms with E-state index in [4.69, 9.17) is 5.11 Å². The van der Waals surface area contributed by atoms with Crippen LogP contribution in [0, 0.1) is 12.7 Å². The maximum Gasteiger partial charge on any atom is 0.303 e. The molecule has 0 radical (unpaired) electrons. The summed E-state index contributed by atoms with van der Waals surface area (Å²) < 4.78 is 13.4.